The molecule has 1 saturated heterocycles. The van der Waals surface area contributed by atoms with Crippen LogP contribution in [0.4, 0.5) is 0 Å². The molecule has 2 rings (SSSR count). The quantitative estimate of drug-likeness (QED) is 0.838. The third-order valence-electron chi connectivity index (χ3n) is 4.37. The average Bonchev–Trinajstić information content (AvgIpc) is 2.55. The van der Waals surface area contributed by atoms with Crippen LogP contribution >= 0.6 is 0 Å². The van der Waals surface area contributed by atoms with Crippen molar-refractivity contribution in [2.45, 2.75) is 19.5 Å². The molecule has 1 aliphatic heterocycles. The average molecular weight is 305 g/mol. The number of aliphatic hydroxyl groups is 1. The van der Waals surface area contributed by atoms with Crippen LogP contribution in [0.3, 0.4) is 0 Å². The largest absolute Gasteiger partial charge is 0.395 e. The highest BCUT2D eigenvalue weighted by Crippen LogP contribution is 2.10. The number of aliphatic hydroxyl groups excluding tert-OH is 1. The molecule has 1 amide bonds. The molecule has 22 heavy (non-hydrogen) atoms. The summed E-state index contributed by atoms with van der Waals surface area (Å²) >= 11 is 0. The van der Waals surface area contributed by atoms with Gasteiger partial charge in [0.1, 0.15) is 0 Å². The highest BCUT2D eigenvalue weighted by atomic mass is 16.3. The molecule has 1 N–H and O–H groups in total. The summed E-state index contributed by atoms with van der Waals surface area (Å²) < 4.78 is 0. The van der Waals surface area contributed by atoms with Gasteiger partial charge in [0.05, 0.1) is 12.6 Å². The number of carbonyl (C=O) groups excluding carboxylic acids is 1. The first kappa shape index (κ1) is 16.9. The van der Waals surface area contributed by atoms with Gasteiger partial charge in [-0.05, 0) is 12.5 Å². The number of carbonyl (C=O) groups is 1. The molecule has 0 aromatic heterocycles. The zero-order chi connectivity index (χ0) is 15.9. The van der Waals surface area contributed by atoms with E-state index < -0.39 is 0 Å². The lowest BCUT2D eigenvalue weighted by Crippen LogP contribution is -2.54. The molecule has 0 aliphatic carbocycles. The first-order chi connectivity index (χ1) is 10.6. The number of β-amino-alcohol motifs (C(OH)–C–C–N with tert-alkyl or cyclic N) is 1. The fourth-order valence-electron chi connectivity index (χ4n) is 2.93. The van der Waals surface area contributed by atoms with Crippen molar-refractivity contribution in [1.82, 2.24) is 14.7 Å². The highest BCUT2D eigenvalue weighted by molar-refractivity contribution is 5.81. The maximum Gasteiger partial charge on any atom is 0.239 e. The third-order valence-corrected chi connectivity index (χ3v) is 4.37. The highest BCUT2D eigenvalue weighted by Gasteiger charge is 2.27. The van der Waals surface area contributed by atoms with Gasteiger partial charge in [-0.3, -0.25) is 14.6 Å². The van der Waals surface area contributed by atoms with Gasteiger partial charge in [-0.1, -0.05) is 30.3 Å². The van der Waals surface area contributed by atoms with Crippen LogP contribution in [0, 0.1) is 0 Å². The van der Waals surface area contributed by atoms with Gasteiger partial charge in [0.2, 0.25) is 5.91 Å². The zero-order valence-corrected chi connectivity index (χ0v) is 13.6. The van der Waals surface area contributed by atoms with Crippen LogP contribution in [-0.4, -0.2) is 78.1 Å². The van der Waals surface area contributed by atoms with Crippen molar-refractivity contribution in [1.29, 1.82) is 0 Å². The predicted molar refractivity (Wildman–Crippen MR) is 87.5 cm³/mol. The van der Waals surface area contributed by atoms with Gasteiger partial charge in [-0.15, -0.1) is 0 Å². The topological polar surface area (TPSA) is 47.0 Å². The number of benzene rings is 1. The van der Waals surface area contributed by atoms with Crippen molar-refractivity contribution >= 4 is 5.91 Å². The Bertz CT molecular complexity index is 458. The molecule has 122 valence electrons. The Balaban J connectivity index is 1.84. The van der Waals surface area contributed by atoms with Crippen molar-refractivity contribution in [3.63, 3.8) is 0 Å². The molecular weight excluding hydrogens is 278 g/mol. The Kier molecular flexibility index (Phi) is 6.36. The van der Waals surface area contributed by atoms with E-state index in [1.165, 1.54) is 0 Å². The van der Waals surface area contributed by atoms with Crippen LogP contribution in [0.1, 0.15) is 12.5 Å². The molecule has 1 aromatic rings. The molecule has 5 nitrogen and oxygen atoms in total. The van der Waals surface area contributed by atoms with Crippen molar-refractivity contribution < 1.29 is 9.90 Å². The van der Waals surface area contributed by atoms with Gasteiger partial charge >= 0.3 is 0 Å². The molecule has 0 radical (unpaired) electrons. The standard InChI is InChI=1S/C17H27N3O2/c1-15(20-10-8-19(9-11-20)12-13-21)17(22)18(2)14-16-6-4-3-5-7-16/h3-7,15,21H,8-14H2,1-2H3/t15-/m1/s1. The Morgan fingerprint density at radius 3 is 2.45 bits per heavy atom. The van der Waals surface area contributed by atoms with E-state index in [1.54, 1.807) is 4.90 Å². The van der Waals surface area contributed by atoms with Gasteiger partial charge in [-0.25, -0.2) is 0 Å². The molecule has 1 atom stereocenters. The van der Waals surface area contributed by atoms with E-state index in [4.69, 9.17) is 5.11 Å². The summed E-state index contributed by atoms with van der Waals surface area (Å²) in [5, 5.41) is 8.98. The molecule has 5 heteroatoms. The second-order valence-electron chi connectivity index (χ2n) is 5.96. The normalized spacial score (nSPS) is 18.1. The van der Waals surface area contributed by atoms with E-state index in [1.807, 2.05) is 44.3 Å². The zero-order valence-electron chi connectivity index (χ0n) is 13.6. The number of hydrogen-bond acceptors (Lipinski definition) is 4. The van der Waals surface area contributed by atoms with Gasteiger partial charge < -0.3 is 10.0 Å². The first-order valence-electron chi connectivity index (χ1n) is 7.98. The number of hydrogen-bond donors (Lipinski definition) is 1. The Hall–Kier alpha value is -1.43. The second-order valence-corrected chi connectivity index (χ2v) is 5.96. The van der Waals surface area contributed by atoms with Crippen LogP contribution in [0.15, 0.2) is 30.3 Å². The summed E-state index contributed by atoms with van der Waals surface area (Å²) in [6.45, 7) is 7.16. The van der Waals surface area contributed by atoms with E-state index in [2.05, 4.69) is 9.80 Å². The molecular formula is C17H27N3O2. The summed E-state index contributed by atoms with van der Waals surface area (Å²) in [4.78, 5) is 18.9. The minimum absolute atomic E-state index is 0.0926. The summed E-state index contributed by atoms with van der Waals surface area (Å²) in [6, 6.07) is 9.98. The molecule has 1 aliphatic rings. The van der Waals surface area contributed by atoms with E-state index in [9.17, 15) is 4.79 Å². The lowest BCUT2D eigenvalue weighted by Gasteiger charge is -2.38. The molecule has 1 fully saturated rings. The predicted octanol–water partition coefficient (Wildman–Crippen LogP) is 0.643. The van der Waals surface area contributed by atoms with Crippen LogP contribution in [0.2, 0.25) is 0 Å². The van der Waals surface area contributed by atoms with Crippen molar-refractivity contribution in [2.75, 3.05) is 46.4 Å². The summed E-state index contributed by atoms with van der Waals surface area (Å²) in [7, 11) is 1.87. The minimum atomic E-state index is -0.0926. The van der Waals surface area contributed by atoms with Crippen LogP contribution in [0.5, 0.6) is 0 Å². The third kappa shape index (κ3) is 4.53. The van der Waals surface area contributed by atoms with Crippen molar-refractivity contribution in [3.05, 3.63) is 35.9 Å². The Morgan fingerprint density at radius 1 is 1.23 bits per heavy atom. The summed E-state index contributed by atoms with van der Waals surface area (Å²) in [5.41, 5.74) is 1.15. The van der Waals surface area contributed by atoms with Crippen LogP contribution < -0.4 is 0 Å². The Morgan fingerprint density at radius 2 is 1.86 bits per heavy atom. The number of rotatable bonds is 6. The van der Waals surface area contributed by atoms with Crippen LogP contribution in [-0.2, 0) is 11.3 Å². The SMILES string of the molecule is C[C@H](C(=O)N(C)Cc1ccccc1)N1CCN(CCO)CC1. The van der Waals surface area contributed by atoms with Gasteiger partial charge in [0, 0.05) is 46.3 Å². The second kappa shape index (κ2) is 8.27. The minimum Gasteiger partial charge on any atom is -0.395 e. The summed E-state index contributed by atoms with van der Waals surface area (Å²) in [6.07, 6.45) is 0. The lowest BCUT2D eigenvalue weighted by molar-refractivity contribution is -0.136. The monoisotopic (exact) mass is 305 g/mol. The maximum atomic E-state index is 12.6. The van der Waals surface area contributed by atoms with E-state index in [0.29, 0.717) is 6.54 Å². The van der Waals surface area contributed by atoms with Crippen LogP contribution in [0.25, 0.3) is 0 Å². The van der Waals surface area contributed by atoms with Gasteiger partial charge in [-0.2, -0.15) is 0 Å². The molecule has 0 bridgehead atoms. The first-order valence-corrected chi connectivity index (χ1v) is 7.98. The number of amides is 1. The Labute approximate surface area is 133 Å². The fraction of sp³-hybridized carbons (Fsp3) is 0.588. The molecule has 1 heterocycles. The van der Waals surface area contributed by atoms with E-state index >= 15 is 0 Å². The van der Waals surface area contributed by atoms with E-state index in [-0.39, 0.29) is 18.6 Å². The number of piperazine rings is 1. The fourth-order valence-corrected chi connectivity index (χ4v) is 2.93. The molecule has 0 unspecified atom stereocenters. The lowest BCUT2D eigenvalue weighted by atomic mass is 10.1. The maximum absolute atomic E-state index is 12.6. The van der Waals surface area contributed by atoms with Gasteiger partial charge in [0.15, 0.2) is 0 Å². The van der Waals surface area contributed by atoms with Crippen molar-refractivity contribution in [2.24, 2.45) is 0 Å². The number of likely N-dealkylation sites (N-methyl/N-ethyl adjacent to an activating group) is 1. The molecule has 0 spiro atoms. The number of nitrogens with zero attached hydrogens (tertiary/aromatic N) is 3. The summed E-state index contributed by atoms with van der Waals surface area (Å²) in [5.74, 6) is 0.166. The molecule has 0 saturated carbocycles. The van der Waals surface area contributed by atoms with Crippen molar-refractivity contribution in [3.8, 4) is 0 Å². The van der Waals surface area contributed by atoms with Gasteiger partial charge in [0.25, 0.3) is 0 Å². The smallest absolute Gasteiger partial charge is 0.239 e. The molecule has 1 aromatic carbocycles. The van der Waals surface area contributed by atoms with E-state index in [0.717, 1.165) is 38.3 Å².